The average molecular weight is 333 g/mol. The van der Waals surface area contributed by atoms with Crippen LogP contribution in [0.1, 0.15) is 24.4 Å². The largest absolute Gasteiger partial charge is 0.378 e. The molecular weight excluding hydrogens is 310 g/mol. The smallest absolute Gasteiger partial charge is 0.282 e. The number of anilines is 1. The summed E-state index contributed by atoms with van der Waals surface area (Å²) in [6.45, 7) is 1.68. The molecule has 0 saturated carbocycles. The van der Waals surface area contributed by atoms with Crippen LogP contribution in [0.5, 0.6) is 0 Å². The first-order chi connectivity index (χ1) is 11.1. The lowest BCUT2D eigenvalue weighted by molar-refractivity contribution is -0.132. The van der Waals surface area contributed by atoms with Crippen molar-refractivity contribution in [3.05, 3.63) is 29.8 Å². The molecule has 1 atom stereocenters. The van der Waals surface area contributed by atoms with Gasteiger partial charge < -0.3 is 14.7 Å². The lowest BCUT2D eigenvalue weighted by atomic mass is 10.0. The minimum atomic E-state index is 0.0312. The molecule has 2 saturated heterocycles. The molecule has 2 fully saturated rings. The van der Waals surface area contributed by atoms with E-state index in [4.69, 9.17) is 0 Å². The second-order valence-corrected chi connectivity index (χ2v) is 7.32. The van der Waals surface area contributed by atoms with Crippen LogP contribution < -0.4 is 4.90 Å². The number of rotatable bonds is 4. The molecule has 2 heterocycles. The van der Waals surface area contributed by atoms with Gasteiger partial charge in [0.2, 0.25) is 5.91 Å². The van der Waals surface area contributed by atoms with E-state index < -0.39 is 0 Å². The molecule has 6 heteroatoms. The van der Waals surface area contributed by atoms with E-state index in [1.54, 1.807) is 4.90 Å². The van der Waals surface area contributed by atoms with Crippen LogP contribution in [-0.4, -0.2) is 60.4 Å². The molecule has 0 spiro atoms. The molecule has 0 aromatic heterocycles. The second-order valence-electron chi connectivity index (χ2n) is 6.27. The Kier molecular flexibility index (Phi) is 4.80. The van der Waals surface area contributed by atoms with E-state index >= 15 is 0 Å². The Labute approximate surface area is 141 Å². The average Bonchev–Trinajstić information content (AvgIpc) is 3.17. The fraction of sp³-hybridized carbons (Fsp3) is 0.529. The molecule has 3 rings (SSSR count). The fourth-order valence-corrected chi connectivity index (χ4v) is 4.07. The van der Waals surface area contributed by atoms with Gasteiger partial charge in [-0.25, -0.2) is 0 Å². The highest BCUT2D eigenvalue weighted by Gasteiger charge is 2.32. The number of nitrogens with zero attached hydrogens (tertiary/aromatic N) is 3. The van der Waals surface area contributed by atoms with Crippen LogP contribution in [0.2, 0.25) is 0 Å². The van der Waals surface area contributed by atoms with Gasteiger partial charge in [-0.1, -0.05) is 23.9 Å². The van der Waals surface area contributed by atoms with Crippen molar-refractivity contribution < 1.29 is 9.59 Å². The summed E-state index contributed by atoms with van der Waals surface area (Å²) in [4.78, 5) is 30.1. The summed E-state index contributed by atoms with van der Waals surface area (Å²) in [5, 5.41) is 0.0312. The Balaban J connectivity index is 1.73. The second kappa shape index (κ2) is 6.83. The zero-order chi connectivity index (χ0) is 16.4. The number of hydrogen-bond acceptors (Lipinski definition) is 4. The van der Waals surface area contributed by atoms with Crippen molar-refractivity contribution in [3.63, 3.8) is 0 Å². The zero-order valence-corrected chi connectivity index (χ0v) is 14.5. The third kappa shape index (κ3) is 3.47. The molecule has 0 N–H and O–H groups in total. The molecule has 0 unspecified atom stereocenters. The molecule has 5 nitrogen and oxygen atoms in total. The number of hydrogen-bond donors (Lipinski definition) is 0. The van der Waals surface area contributed by atoms with Gasteiger partial charge in [-0.3, -0.25) is 9.59 Å². The summed E-state index contributed by atoms with van der Waals surface area (Å²) in [7, 11) is 4.04. The van der Waals surface area contributed by atoms with Crippen molar-refractivity contribution in [3.8, 4) is 0 Å². The van der Waals surface area contributed by atoms with E-state index in [1.165, 1.54) is 17.3 Å². The van der Waals surface area contributed by atoms with Crippen LogP contribution in [0.25, 0.3) is 0 Å². The van der Waals surface area contributed by atoms with Gasteiger partial charge in [0.05, 0.1) is 6.04 Å². The normalized spacial score (nSPS) is 21.1. The molecule has 2 aliphatic rings. The molecule has 1 aromatic rings. The molecular formula is C17H23N3O2S. The maximum atomic E-state index is 12.7. The van der Waals surface area contributed by atoms with E-state index in [1.807, 2.05) is 25.1 Å². The number of benzene rings is 1. The first-order valence-corrected chi connectivity index (χ1v) is 9.03. The fourth-order valence-electron chi connectivity index (χ4n) is 3.25. The SMILES string of the molecule is CN(C)c1cccc([C@@H]2CCCN2C(=O)CN2CCSC2=O)c1. The molecule has 0 radical (unpaired) electrons. The van der Waals surface area contributed by atoms with Gasteiger partial charge in [0.15, 0.2) is 0 Å². The topological polar surface area (TPSA) is 43.9 Å². The maximum Gasteiger partial charge on any atom is 0.282 e. The van der Waals surface area contributed by atoms with Crippen molar-refractivity contribution in [2.75, 3.05) is 44.4 Å². The van der Waals surface area contributed by atoms with Gasteiger partial charge in [0.25, 0.3) is 5.24 Å². The summed E-state index contributed by atoms with van der Waals surface area (Å²) < 4.78 is 0. The van der Waals surface area contributed by atoms with E-state index in [-0.39, 0.29) is 23.7 Å². The summed E-state index contributed by atoms with van der Waals surface area (Å²) >= 11 is 1.30. The highest BCUT2D eigenvalue weighted by atomic mass is 32.2. The molecule has 0 bridgehead atoms. The number of carbonyl (C=O) groups is 2. The van der Waals surface area contributed by atoms with Crippen molar-refractivity contribution >= 4 is 28.6 Å². The Bertz CT molecular complexity index is 605. The van der Waals surface area contributed by atoms with Gasteiger partial charge in [-0.2, -0.15) is 0 Å². The first-order valence-electron chi connectivity index (χ1n) is 8.05. The quantitative estimate of drug-likeness (QED) is 0.849. The van der Waals surface area contributed by atoms with E-state index in [0.717, 1.165) is 30.8 Å². The van der Waals surface area contributed by atoms with Crippen molar-refractivity contribution in [1.82, 2.24) is 9.80 Å². The third-order valence-corrected chi connectivity index (χ3v) is 5.41. The third-order valence-electron chi connectivity index (χ3n) is 4.52. The Hall–Kier alpha value is -1.69. The molecule has 23 heavy (non-hydrogen) atoms. The molecule has 1 aromatic carbocycles. The first kappa shape index (κ1) is 16.2. The number of thioether (sulfide) groups is 1. The van der Waals surface area contributed by atoms with Gasteiger partial charge in [-0.05, 0) is 30.5 Å². The van der Waals surface area contributed by atoms with E-state index in [9.17, 15) is 9.59 Å². The lowest BCUT2D eigenvalue weighted by Crippen LogP contribution is -2.40. The number of carbonyl (C=O) groups excluding carboxylic acids is 2. The molecule has 2 aliphatic heterocycles. The maximum absolute atomic E-state index is 12.7. The lowest BCUT2D eigenvalue weighted by Gasteiger charge is -2.28. The van der Waals surface area contributed by atoms with Crippen LogP contribution in [-0.2, 0) is 4.79 Å². The highest BCUT2D eigenvalue weighted by Crippen LogP contribution is 2.33. The van der Waals surface area contributed by atoms with Crippen LogP contribution in [0.4, 0.5) is 10.5 Å². The van der Waals surface area contributed by atoms with Crippen LogP contribution in [0.3, 0.4) is 0 Å². The van der Waals surface area contributed by atoms with Crippen LogP contribution >= 0.6 is 11.8 Å². The van der Waals surface area contributed by atoms with E-state index in [0.29, 0.717) is 6.54 Å². The van der Waals surface area contributed by atoms with Gasteiger partial charge in [0.1, 0.15) is 6.54 Å². The minimum absolute atomic E-state index is 0.0312. The summed E-state index contributed by atoms with van der Waals surface area (Å²) in [6, 6.07) is 8.51. The number of amides is 2. The monoisotopic (exact) mass is 333 g/mol. The molecule has 0 aliphatic carbocycles. The van der Waals surface area contributed by atoms with Gasteiger partial charge >= 0.3 is 0 Å². The van der Waals surface area contributed by atoms with Crippen molar-refractivity contribution in [2.24, 2.45) is 0 Å². The summed E-state index contributed by atoms with van der Waals surface area (Å²) in [5.41, 5.74) is 2.33. The summed E-state index contributed by atoms with van der Waals surface area (Å²) in [6.07, 6.45) is 2.01. The van der Waals surface area contributed by atoms with Gasteiger partial charge in [-0.15, -0.1) is 0 Å². The highest BCUT2D eigenvalue weighted by molar-refractivity contribution is 8.13. The van der Waals surface area contributed by atoms with Gasteiger partial charge in [0, 0.05) is 38.6 Å². The predicted octanol–water partition coefficient (Wildman–Crippen LogP) is 2.58. The van der Waals surface area contributed by atoms with Crippen molar-refractivity contribution in [2.45, 2.75) is 18.9 Å². The van der Waals surface area contributed by atoms with Crippen LogP contribution in [0, 0.1) is 0 Å². The molecule has 124 valence electrons. The Morgan fingerprint density at radius 2 is 2.17 bits per heavy atom. The van der Waals surface area contributed by atoms with Crippen molar-refractivity contribution in [1.29, 1.82) is 0 Å². The zero-order valence-electron chi connectivity index (χ0n) is 13.7. The Morgan fingerprint density at radius 1 is 1.35 bits per heavy atom. The summed E-state index contributed by atoms with van der Waals surface area (Å²) in [5.74, 6) is 0.860. The van der Waals surface area contributed by atoms with E-state index in [2.05, 4.69) is 23.1 Å². The van der Waals surface area contributed by atoms with Crippen LogP contribution in [0.15, 0.2) is 24.3 Å². The predicted molar refractivity (Wildman–Crippen MR) is 93.9 cm³/mol. The minimum Gasteiger partial charge on any atom is -0.378 e. The Morgan fingerprint density at radius 3 is 2.87 bits per heavy atom. The standard InChI is InChI=1S/C17H23N3O2S/c1-18(2)14-6-3-5-13(11-14)15-7-4-8-20(15)16(21)12-19-9-10-23-17(19)22/h3,5-6,11,15H,4,7-10,12H2,1-2H3/t15-/m0/s1. The molecule has 2 amide bonds. The number of likely N-dealkylation sites (tertiary alicyclic amines) is 1.